The fourth-order valence-corrected chi connectivity index (χ4v) is 14.0. The number of primary amides is 1. The first-order valence-electron chi connectivity index (χ1n) is 26.9. The topological polar surface area (TPSA) is 201 Å². The molecular weight excluding hydrogens is 1150 g/mol. The number of amides is 6. The number of nitrogens with zero attached hydrogens (tertiary/aromatic N) is 8. The van der Waals surface area contributed by atoms with Gasteiger partial charge >= 0.3 is 12.1 Å². The first kappa shape index (κ1) is 58.9. The van der Waals surface area contributed by atoms with Crippen LogP contribution >= 0.6 is 23.2 Å². The van der Waals surface area contributed by atoms with Gasteiger partial charge in [-0.2, -0.15) is 0 Å². The van der Waals surface area contributed by atoms with Crippen LogP contribution in [0.3, 0.4) is 0 Å². The summed E-state index contributed by atoms with van der Waals surface area (Å²) in [5.41, 5.74) is 10.5. The molecule has 6 amide bonds. The zero-order valence-electron chi connectivity index (χ0n) is 46.1. The smallest absolute Gasteiger partial charge is 0.339 e. The molecule has 5 aromatic carbocycles. The summed E-state index contributed by atoms with van der Waals surface area (Å²) in [6.45, 7) is 6.87. The third kappa shape index (κ3) is 13.0. The minimum atomic E-state index is -1.91. The van der Waals surface area contributed by atoms with E-state index in [9.17, 15) is 41.9 Å². The molecule has 0 bridgehead atoms. The van der Waals surface area contributed by atoms with Gasteiger partial charge < -0.3 is 25.8 Å². The van der Waals surface area contributed by atoms with Gasteiger partial charge in [0.05, 0.1) is 41.7 Å². The van der Waals surface area contributed by atoms with E-state index in [4.69, 9.17) is 28.9 Å². The molecule has 0 aliphatic carbocycles. The number of Topliss-reactive ketones (excluding diaryl/α,β-unsaturated/α-hetero) is 1. The van der Waals surface area contributed by atoms with Gasteiger partial charge in [-0.05, 0) is 86.0 Å². The van der Waals surface area contributed by atoms with Crippen molar-refractivity contribution in [1.82, 2.24) is 44.7 Å². The molecule has 85 heavy (non-hydrogen) atoms. The van der Waals surface area contributed by atoms with Gasteiger partial charge in [0, 0.05) is 101 Å². The number of urea groups is 1. The quantitative estimate of drug-likeness (QED) is 0.0679. The van der Waals surface area contributed by atoms with Crippen LogP contribution < -0.4 is 21.3 Å². The molecule has 0 unspecified atom stereocenters. The van der Waals surface area contributed by atoms with Crippen molar-refractivity contribution in [2.45, 2.75) is 64.2 Å². The lowest BCUT2D eigenvalue weighted by molar-refractivity contribution is -0.138. The molecular formula is C62H54Cl2F3N11O6Si. The molecule has 0 radical (unpaired) electrons. The maximum atomic E-state index is 14.4. The first-order chi connectivity index (χ1) is 40.7. The van der Waals surface area contributed by atoms with Gasteiger partial charge in [-0.1, -0.05) is 96.5 Å². The van der Waals surface area contributed by atoms with E-state index in [1.54, 1.807) is 75.3 Å². The molecule has 6 heterocycles. The molecule has 3 saturated heterocycles. The number of carbonyl (C=O) groups is 6. The summed E-state index contributed by atoms with van der Waals surface area (Å²) < 4.78 is 44.8. The number of benzene rings is 5. The molecule has 3 aliphatic heterocycles. The third-order valence-corrected chi connectivity index (χ3v) is 18.1. The number of halogens is 5. The standard InChI is InChI=1S/C31H28ClF2N5O3Si.C31H26ClFN6O3/c1-19(40)24-15-38(26-9-7-20(11-23(24)26)8-10-28-35-13-22(33)14-36-28)16-29(41)39-18-43(2,3)17-27(39)31(42)37-12-21-5-4-6-25(32)30(21)34;32-24-8-4-7-22(28(24)33)18-35-29(40)25-13-14-36-15-16-37(31(42)39(25)36)27-19-38(30(34)41)26-17-21(11-12-23(26)27)10-9-20-5-2-1-3-6-20/h4-7,9,11,13-15,27H,12,16-18H2,1-3H3,(H,37,42);1-8,11-12,17,19,25H,13-16,18H2,(H2,34,41)(H,35,40)/t27-;25-/m00/s1. The van der Waals surface area contributed by atoms with Crippen molar-refractivity contribution >= 4 is 94.3 Å². The lowest BCUT2D eigenvalue weighted by Gasteiger charge is -2.41. The Bertz CT molecular complexity index is 4120. The van der Waals surface area contributed by atoms with Gasteiger partial charge in [0.2, 0.25) is 23.5 Å². The van der Waals surface area contributed by atoms with E-state index in [0.717, 1.165) is 18.0 Å². The highest BCUT2D eigenvalue weighted by Gasteiger charge is 2.46. The summed E-state index contributed by atoms with van der Waals surface area (Å²) >= 11 is 11.7. The highest BCUT2D eigenvalue weighted by molar-refractivity contribution is 6.79. The number of nitrogens with one attached hydrogen (secondary N) is 2. The van der Waals surface area contributed by atoms with Gasteiger partial charge in [0.25, 0.3) is 0 Å². The number of carbonyl (C=O) groups excluding carboxylic acids is 6. The molecule has 8 aromatic rings. The summed E-state index contributed by atoms with van der Waals surface area (Å²) in [5.74, 6) is 9.16. The van der Waals surface area contributed by atoms with Crippen molar-refractivity contribution in [2.75, 3.05) is 30.7 Å². The molecule has 2 atom stereocenters. The number of hydrazine groups is 1. The van der Waals surface area contributed by atoms with E-state index in [-0.39, 0.29) is 64.2 Å². The minimum absolute atomic E-state index is 0.0251. The Labute approximate surface area is 497 Å². The van der Waals surface area contributed by atoms with Gasteiger partial charge in [-0.25, -0.2) is 42.7 Å². The van der Waals surface area contributed by atoms with Crippen LogP contribution in [0.5, 0.6) is 0 Å². The Morgan fingerprint density at radius 3 is 1.99 bits per heavy atom. The SMILES string of the molecule is CC(=O)c1cn(CC(=O)N2C[Si](C)(C)C[C@H]2C(=O)NCc2cccc(Cl)c2F)c2ccc(C#Cc3ncc(F)cn3)cc12.NC(=O)n1cc(N2CCN3CC[C@@H](C(=O)NCc4cccc(Cl)c4F)N3C2=O)c2ccc(C#Cc3ccccc3)cc21. The van der Waals surface area contributed by atoms with Gasteiger partial charge in [-0.15, -0.1) is 0 Å². The Morgan fingerprint density at radius 2 is 1.33 bits per heavy atom. The fourth-order valence-electron chi connectivity index (χ4n) is 10.7. The maximum absolute atomic E-state index is 14.4. The number of anilines is 1. The number of aromatic nitrogens is 4. The maximum Gasteiger partial charge on any atom is 0.339 e. The molecule has 23 heteroatoms. The summed E-state index contributed by atoms with van der Waals surface area (Å²) in [6.07, 6.45) is 6.17. The van der Waals surface area contributed by atoms with E-state index in [2.05, 4.69) is 57.4 Å². The normalized spacial score (nSPS) is 16.2. The highest BCUT2D eigenvalue weighted by Crippen LogP contribution is 2.35. The molecule has 4 N–H and O–H groups in total. The van der Waals surface area contributed by atoms with Crippen LogP contribution in [0.15, 0.2) is 128 Å². The molecule has 3 aromatic heterocycles. The molecule has 17 nitrogen and oxygen atoms in total. The number of rotatable bonds is 10. The summed E-state index contributed by atoms with van der Waals surface area (Å²) in [4.78, 5) is 89.7. The Hall–Kier alpha value is -9.25. The second-order valence-electron chi connectivity index (χ2n) is 21.3. The largest absolute Gasteiger partial charge is 0.351 e. The average molecular weight is 1210 g/mol. The zero-order chi connectivity index (χ0) is 60.3. The van der Waals surface area contributed by atoms with Crippen LogP contribution in [-0.2, 0) is 34.0 Å². The van der Waals surface area contributed by atoms with Crippen LogP contribution in [0, 0.1) is 41.1 Å². The average Bonchev–Trinajstić information content (AvgIpc) is 2.66. The Balaban J connectivity index is 0.000000189. The van der Waals surface area contributed by atoms with Crippen molar-refractivity contribution in [3.05, 3.63) is 195 Å². The van der Waals surface area contributed by atoms with Crippen LogP contribution in [-0.4, -0.2) is 116 Å². The number of fused-ring (bicyclic) bond motifs is 3. The first-order valence-corrected chi connectivity index (χ1v) is 31.1. The van der Waals surface area contributed by atoms with Crippen LogP contribution in [0.2, 0.25) is 29.2 Å². The lowest BCUT2D eigenvalue weighted by atomic mass is 10.1. The van der Waals surface area contributed by atoms with Crippen molar-refractivity contribution in [3.63, 3.8) is 0 Å². The van der Waals surface area contributed by atoms with E-state index in [1.165, 1.54) is 28.6 Å². The second kappa shape index (κ2) is 24.9. The van der Waals surface area contributed by atoms with Crippen LogP contribution in [0.1, 0.15) is 57.3 Å². The fraction of sp³-hybridized carbons (Fsp3) is 0.226. The second-order valence-corrected chi connectivity index (χ2v) is 27.2. The Morgan fingerprint density at radius 1 is 0.706 bits per heavy atom. The van der Waals surface area contributed by atoms with Gasteiger partial charge in [0.1, 0.15) is 30.3 Å². The summed E-state index contributed by atoms with van der Waals surface area (Å²) in [6, 6.07) is 27.4. The summed E-state index contributed by atoms with van der Waals surface area (Å²) in [5, 5.41) is 10.0. The zero-order valence-corrected chi connectivity index (χ0v) is 48.6. The van der Waals surface area contributed by atoms with E-state index < -0.39 is 55.6 Å². The van der Waals surface area contributed by atoms with Gasteiger partial charge in [0.15, 0.2) is 11.6 Å². The van der Waals surface area contributed by atoms with Crippen molar-refractivity contribution in [3.8, 4) is 23.7 Å². The molecule has 432 valence electrons. The Kier molecular flexibility index (Phi) is 17.3. The van der Waals surface area contributed by atoms with E-state index in [1.807, 2.05) is 47.5 Å². The van der Waals surface area contributed by atoms with Crippen molar-refractivity contribution in [1.29, 1.82) is 0 Å². The number of nitrogens with two attached hydrogens (primary N) is 1. The molecule has 0 saturated carbocycles. The van der Waals surface area contributed by atoms with Crippen LogP contribution in [0.4, 0.5) is 28.4 Å². The molecule has 3 aliphatic rings. The predicted octanol–water partition coefficient (Wildman–Crippen LogP) is 9.05. The third-order valence-electron chi connectivity index (χ3n) is 14.8. The highest BCUT2D eigenvalue weighted by atomic mass is 35.5. The summed E-state index contributed by atoms with van der Waals surface area (Å²) in [7, 11) is -1.91. The monoisotopic (exact) mass is 1200 g/mol. The lowest BCUT2D eigenvalue weighted by Crippen LogP contribution is -2.61. The van der Waals surface area contributed by atoms with Crippen molar-refractivity contribution < 1.29 is 41.9 Å². The number of hydrogen-bond acceptors (Lipinski definition) is 9. The number of ketones is 1. The molecule has 3 fully saturated rings. The predicted molar refractivity (Wildman–Crippen MR) is 318 cm³/mol. The van der Waals surface area contributed by atoms with E-state index >= 15 is 0 Å². The molecule has 0 spiro atoms. The van der Waals surface area contributed by atoms with Crippen molar-refractivity contribution in [2.24, 2.45) is 5.73 Å². The van der Waals surface area contributed by atoms with Crippen LogP contribution in [0.25, 0.3) is 21.8 Å². The minimum Gasteiger partial charge on any atom is -0.351 e. The molecule has 11 rings (SSSR count). The van der Waals surface area contributed by atoms with E-state index in [0.29, 0.717) is 82.5 Å². The number of hydrogen-bond donors (Lipinski definition) is 3. The van der Waals surface area contributed by atoms with Gasteiger partial charge in [-0.3, -0.25) is 28.6 Å².